The predicted molar refractivity (Wildman–Crippen MR) is 72.4 cm³/mol. The first-order chi connectivity index (χ1) is 8.20. The summed E-state index contributed by atoms with van der Waals surface area (Å²) in [7, 11) is 0. The highest BCUT2D eigenvalue weighted by Crippen LogP contribution is 2.31. The molecule has 0 saturated carbocycles. The van der Waals surface area contributed by atoms with Gasteiger partial charge in [-0.15, -0.1) is 0 Å². The summed E-state index contributed by atoms with van der Waals surface area (Å²) in [4.78, 5) is 0. The Morgan fingerprint density at radius 3 is 2.53 bits per heavy atom. The highest BCUT2D eigenvalue weighted by molar-refractivity contribution is 5.22. The molecule has 0 fully saturated rings. The summed E-state index contributed by atoms with van der Waals surface area (Å²) in [5, 5.41) is 4.15. The lowest BCUT2D eigenvalue weighted by Gasteiger charge is -2.15. The van der Waals surface area contributed by atoms with Crippen molar-refractivity contribution in [1.29, 1.82) is 0 Å². The minimum Gasteiger partial charge on any atom is -0.364 e. The molecule has 1 atom stereocenters. The molecular weight excluding hydrogens is 210 g/mol. The van der Waals surface area contributed by atoms with Crippen LogP contribution in [0.4, 0.5) is 0 Å². The molecule has 98 valence electrons. The standard InChI is InChI=1S/C15H27NO/c1-5-7-8-9-10-13(6-2)14-11-17-16-15(14)12(3)4/h11-13H,5-10H2,1-4H3. The average Bonchev–Trinajstić information content (AvgIpc) is 2.78. The van der Waals surface area contributed by atoms with E-state index in [0.717, 1.165) is 5.69 Å². The fourth-order valence-electron chi connectivity index (χ4n) is 2.39. The number of hydrogen-bond acceptors (Lipinski definition) is 2. The molecule has 0 aliphatic carbocycles. The van der Waals surface area contributed by atoms with Gasteiger partial charge in [-0.25, -0.2) is 0 Å². The van der Waals surface area contributed by atoms with E-state index in [0.29, 0.717) is 11.8 Å². The fourth-order valence-corrected chi connectivity index (χ4v) is 2.39. The molecule has 0 N–H and O–H groups in total. The van der Waals surface area contributed by atoms with Crippen molar-refractivity contribution in [3.8, 4) is 0 Å². The molecule has 0 aliphatic heterocycles. The van der Waals surface area contributed by atoms with Crippen LogP contribution in [0, 0.1) is 0 Å². The van der Waals surface area contributed by atoms with Crippen LogP contribution in [-0.2, 0) is 0 Å². The van der Waals surface area contributed by atoms with Gasteiger partial charge in [0.2, 0.25) is 0 Å². The molecule has 0 aromatic carbocycles. The zero-order valence-electron chi connectivity index (χ0n) is 11.8. The fraction of sp³-hybridized carbons (Fsp3) is 0.800. The first-order valence-electron chi connectivity index (χ1n) is 7.14. The summed E-state index contributed by atoms with van der Waals surface area (Å²) < 4.78 is 5.17. The van der Waals surface area contributed by atoms with Gasteiger partial charge in [-0.05, 0) is 24.7 Å². The molecule has 0 radical (unpaired) electrons. The molecule has 0 amide bonds. The first kappa shape index (κ1) is 14.3. The molecule has 1 aromatic rings. The van der Waals surface area contributed by atoms with Crippen molar-refractivity contribution >= 4 is 0 Å². The molecular formula is C15H27NO. The Morgan fingerprint density at radius 2 is 1.94 bits per heavy atom. The summed E-state index contributed by atoms with van der Waals surface area (Å²) in [6.45, 7) is 8.89. The van der Waals surface area contributed by atoms with Crippen LogP contribution in [-0.4, -0.2) is 5.16 Å². The molecule has 0 saturated heterocycles. The van der Waals surface area contributed by atoms with Crippen LogP contribution in [0.25, 0.3) is 0 Å². The van der Waals surface area contributed by atoms with Gasteiger partial charge in [0.05, 0.1) is 5.69 Å². The summed E-state index contributed by atoms with van der Waals surface area (Å²) in [5.74, 6) is 1.10. The van der Waals surface area contributed by atoms with Crippen molar-refractivity contribution in [3.63, 3.8) is 0 Å². The van der Waals surface area contributed by atoms with Gasteiger partial charge in [0.25, 0.3) is 0 Å². The topological polar surface area (TPSA) is 26.0 Å². The van der Waals surface area contributed by atoms with E-state index in [1.165, 1.54) is 44.1 Å². The third-order valence-corrected chi connectivity index (χ3v) is 3.51. The number of rotatable bonds is 8. The van der Waals surface area contributed by atoms with Crippen LogP contribution in [0.3, 0.4) is 0 Å². The van der Waals surface area contributed by atoms with E-state index in [9.17, 15) is 0 Å². The second-order valence-corrected chi connectivity index (χ2v) is 5.26. The Bertz CT molecular complexity index is 304. The van der Waals surface area contributed by atoms with Crippen molar-refractivity contribution in [2.24, 2.45) is 0 Å². The maximum Gasteiger partial charge on any atom is 0.127 e. The lowest BCUT2D eigenvalue weighted by Crippen LogP contribution is -2.02. The zero-order valence-corrected chi connectivity index (χ0v) is 11.8. The molecule has 2 nitrogen and oxygen atoms in total. The molecule has 0 aliphatic rings. The Hall–Kier alpha value is -0.790. The van der Waals surface area contributed by atoms with Gasteiger partial charge in [-0.1, -0.05) is 58.5 Å². The smallest absolute Gasteiger partial charge is 0.127 e. The molecule has 0 spiro atoms. The van der Waals surface area contributed by atoms with Gasteiger partial charge in [-0.3, -0.25) is 0 Å². The Kier molecular flexibility index (Phi) is 6.31. The van der Waals surface area contributed by atoms with Gasteiger partial charge in [0.1, 0.15) is 6.26 Å². The minimum atomic E-state index is 0.466. The molecule has 1 aromatic heterocycles. The summed E-state index contributed by atoms with van der Waals surface area (Å²) in [6.07, 6.45) is 9.68. The lowest BCUT2D eigenvalue weighted by atomic mass is 9.89. The monoisotopic (exact) mass is 237 g/mol. The molecule has 0 bridgehead atoms. The summed E-state index contributed by atoms with van der Waals surface area (Å²) in [6, 6.07) is 0. The van der Waals surface area contributed by atoms with E-state index in [1.54, 1.807) is 0 Å². The van der Waals surface area contributed by atoms with Gasteiger partial charge in [0.15, 0.2) is 0 Å². The number of unbranched alkanes of at least 4 members (excludes halogenated alkanes) is 3. The van der Waals surface area contributed by atoms with Gasteiger partial charge >= 0.3 is 0 Å². The number of aromatic nitrogens is 1. The van der Waals surface area contributed by atoms with E-state index in [-0.39, 0.29) is 0 Å². The van der Waals surface area contributed by atoms with Crippen molar-refractivity contribution in [1.82, 2.24) is 5.16 Å². The van der Waals surface area contributed by atoms with Gasteiger partial charge < -0.3 is 4.52 Å². The van der Waals surface area contributed by atoms with Crippen LogP contribution in [0.5, 0.6) is 0 Å². The molecule has 17 heavy (non-hydrogen) atoms. The largest absolute Gasteiger partial charge is 0.364 e. The van der Waals surface area contributed by atoms with E-state index >= 15 is 0 Å². The van der Waals surface area contributed by atoms with Gasteiger partial charge in [-0.2, -0.15) is 0 Å². The highest BCUT2D eigenvalue weighted by Gasteiger charge is 2.18. The van der Waals surface area contributed by atoms with Crippen LogP contribution in [0.1, 0.15) is 89.3 Å². The van der Waals surface area contributed by atoms with Crippen molar-refractivity contribution in [2.45, 2.75) is 78.1 Å². The zero-order chi connectivity index (χ0) is 12.7. The highest BCUT2D eigenvalue weighted by atomic mass is 16.5. The van der Waals surface area contributed by atoms with Crippen molar-refractivity contribution < 1.29 is 4.52 Å². The molecule has 1 rings (SSSR count). The Balaban J connectivity index is 2.56. The third kappa shape index (κ3) is 4.18. The Labute approximate surface area is 106 Å². The molecule has 1 unspecified atom stereocenters. The SMILES string of the molecule is CCCCCCC(CC)c1conc1C(C)C. The Morgan fingerprint density at radius 1 is 1.18 bits per heavy atom. The number of nitrogens with zero attached hydrogens (tertiary/aromatic N) is 1. The van der Waals surface area contributed by atoms with Gasteiger partial charge in [0, 0.05) is 5.56 Å². The summed E-state index contributed by atoms with van der Waals surface area (Å²) >= 11 is 0. The molecule has 2 heteroatoms. The summed E-state index contributed by atoms with van der Waals surface area (Å²) in [5.41, 5.74) is 2.51. The van der Waals surface area contributed by atoms with E-state index in [1.807, 2.05) is 6.26 Å². The average molecular weight is 237 g/mol. The maximum absolute atomic E-state index is 5.17. The normalized spacial score (nSPS) is 13.2. The first-order valence-corrected chi connectivity index (χ1v) is 7.14. The van der Waals surface area contributed by atoms with Crippen LogP contribution < -0.4 is 0 Å². The third-order valence-electron chi connectivity index (χ3n) is 3.51. The minimum absolute atomic E-state index is 0.466. The molecule has 1 heterocycles. The number of hydrogen-bond donors (Lipinski definition) is 0. The van der Waals surface area contributed by atoms with Crippen molar-refractivity contribution in [2.75, 3.05) is 0 Å². The second kappa shape index (κ2) is 7.52. The quantitative estimate of drug-likeness (QED) is 0.576. The van der Waals surface area contributed by atoms with E-state index in [2.05, 4.69) is 32.9 Å². The van der Waals surface area contributed by atoms with Crippen molar-refractivity contribution in [3.05, 3.63) is 17.5 Å². The van der Waals surface area contributed by atoms with E-state index in [4.69, 9.17) is 4.52 Å². The second-order valence-electron chi connectivity index (χ2n) is 5.26. The van der Waals surface area contributed by atoms with Crippen LogP contribution in [0.15, 0.2) is 10.8 Å². The van der Waals surface area contributed by atoms with E-state index < -0.39 is 0 Å². The van der Waals surface area contributed by atoms with Crippen LogP contribution >= 0.6 is 0 Å². The lowest BCUT2D eigenvalue weighted by molar-refractivity contribution is 0.407. The maximum atomic E-state index is 5.17. The predicted octanol–water partition coefficient (Wildman–Crippen LogP) is 5.26. The van der Waals surface area contributed by atoms with Crippen LogP contribution in [0.2, 0.25) is 0 Å².